The zero-order chi connectivity index (χ0) is 22.6. The quantitative estimate of drug-likeness (QED) is 0.199. The fourth-order valence-electron chi connectivity index (χ4n) is 3.06. The summed E-state index contributed by atoms with van der Waals surface area (Å²) in [5.41, 5.74) is -0.276. The van der Waals surface area contributed by atoms with Crippen molar-refractivity contribution in [1.82, 2.24) is 5.32 Å². The molecule has 1 amide bonds. The van der Waals surface area contributed by atoms with Crippen molar-refractivity contribution in [2.45, 2.75) is 49.6 Å². The second-order valence-corrected chi connectivity index (χ2v) is 6.73. The highest BCUT2D eigenvalue weighted by atomic mass is 16.7. The van der Waals surface area contributed by atoms with Crippen LogP contribution < -0.4 is 10.1 Å². The standard InChI is InChI=1S/C17H22N2O11/c1-8(21)18-13-11(22)6-17(16(25)26,30-15(13)14(24)12(23)7-20)29-10-4-2-9(3-5-10)19(27)28/h2-5,11-15,20,22-24H,6-7H2,1H3,(H,18,21)(H,25,26)/t11-,12+,13+,14-,15+,17+/m0/s1. The molecular formula is C17H22N2O11. The minimum atomic E-state index is -2.56. The number of carbonyl (C=O) groups is 2. The van der Waals surface area contributed by atoms with Gasteiger partial charge in [0.25, 0.3) is 5.69 Å². The largest absolute Gasteiger partial charge is 0.476 e. The molecule has 1 fully saturated rings. The van der Waals surface area contributed by atoms with Crippen molar-refractivity contribution < 1.29 is 49.5 Å². The van der Waals surface area contributed by atoms with Gasteiger partial charge in [0.1, 0.15) is 24.1 Å². The number of nitrogens with zero attached hydrogens (tertiary/aromatic N) is 1. The van der Waals surface area contributed by atoms with Gasteiger partial charge in [0.15, 0.2) is 0 Å². The first-order valence-corrected chi connectivity index (χ1v) is 8.77. The van der Waals surface area contributed by atoms with Crippen LogP contribution in [-0.4, -0.2) is 85.2 Å². The summed E-state index contributed by atoms with van der Waals surface area (Å²) in [6.07, 6.45) is -7.65. The lowest BCUT2D eigenvalue weighted by molar-refractivity contribution is -0.384. The van der Waals surface area contributed by atoms with E-state index in [1.165, 1.54) is 0 Å². The molecule has 1 aromatic rings. The van der Waals surface area contributed by atoms with Gasteiger partial charge in [-0.25, -0.2) is 4.79 Å². The number of aliphatic hydroxyl groups is 4. The van der Waals surface area contributed by atoms with Crippen LogP contribution in [0.5, 0.6) is 5.75 Å². The molecule has 1 heterocycles. The fourth-order valence-corrected chi connectivity index (χ4v) is 3.06. The topological polar surface area (TPSA) is 209 Å². The highest BCUT2D eigenvalue weighted by Crippen LogP contribution is 2.35. The number of hydrogen-bond donors (Lipinski definition) is 6. The highest BCUT2D eigenvalue weighted by molar-refractivity contribution is 5.77. The first-order chi connectivity index (χ1) is 14.0. The van der Waals surface area contributed by atoms with Crippen LogP contribution in [0.25, 0.3) is 0 Å². The third-order valence-corrected chi connectivity index (χ3v) is 4.52. The molecule has 1 saturated heterocycles. The van der Waals surface area contributed by atoms with Crippen molar-refractivity contribution in [3.05, 3.63) is 34.4 Å². The van der Waals surface area contributed by atoms with Crippen LogP contribution in [0.2, 0.25) is 0 Å². The van der Waals surface area contributed by atoms with Crippen molar-refractivity contribution in [3.63, 3.8) is 0 Å². The second-order valence-electron chi connectivity index (χ2n) is 6.73. The highest BCUT2D eigenvalue weighted by Gasteiger charge is 2.56. The van der Waals surface area contributed by atoms with Gasteiger partial charge >= 0.3 is 11.8 Å². The lowest BCUT2D eigenvalue weighted by atomic mass is 9.88. The Morgan fingerprint density at radius 1 is 1.37 bits per heavy atom. The number of benzene rings is 1. The Balaban J connectivity index is 2.40. The Kier molecular flexibility index (Phi) is 7.28. The minimum Gasteiger partial charge on any atom is -0.476 e. The maximum Gasteiger partial charge on any atom is 0.377 e. The molecule has 13 nitrogen and oxygen atoms in total. The van der Waals surface area contributed by atoms with Crippen molar-refractivity contribution in [2.24, 2.45) is 0 Å². The van der Waals surface area contributed by atoms with Crippen LogP contribution in [0.3, 0.4) is 0 Å². The van der Waals surface area contributed by atoms with E-state index in [9.17, 15) is 40.1 Å². The number of nitro groups is 1. The van der Waals surface area contributed by atoms with E-state index in [1.807, 2.05) is 0 Å². The van der Waals surface area contributed by atoms with Crippen LogP contribution in [0.4, 0.5) is 5.69 Å². The molecule has 6 atom stereocenters. The maximum absolute atomic E-state index is 12.0. The van der Waals surface area contributed by atoms with E-state index in [1.54, 1.807) is 0 Å². The molecule has 30 heavy (non-hydrogen) atoms. The molecule has 1 aliphatic heterocycles. The van der Waals surface area contributed by atoms with E-state index in [-0.39, 0.29) is 11.4 Å². The van der Waals surface area contributed by atoms with Gasteiger partial charge in [0.05, 0.1) is 30.1 Å². The zero-order valence-corrected chi connectivity index (χ0v) is 15.7. The number of carboxylic acids is 1. The number of ether oxygens (including phenoxy) is 2. The molecular weight excluding hydrogens is 408 g/mol. The number of carboxylic acid groups (broad SMARTS) is 1. The molecule has 166 valence electrons. The van der Waals surface area contributed by atoms with Gasteiger partial charge in [-0.3, -0.25) is 14.9 Å². The van der Waals surface area contributed by atoms with Gasteiger partial charge in [-0.2, -0.15) is 0 Å². The fraction of sp³-hybridized carbons (Fsp3) is 0.529. The Bertz CT molecular complexity index is 786. The van der Waals surface area contributed by atoms with Crippen molar-refractivity contribution in [3.8, 4) is 5.75 Å². The number of hydrogen-bond acceptors (Lipinski definition) is 10. The van der Waals surface area contributed by atoms with E-state index in [4.69, 9.17) is 14.6 Å². The Hall–Kier alpha value is -2.84. The number of aliphatic carboxylic acids is 1. The predicted octanol–water partition coefficient (Wildman–Crippen LogP) is -1.88. The molecule has 0 aliphatic carbocycles. The van der Waals surface area contributed by atoms with Crippen LogP contribution in [0, 0.1) is 10.1 Å². The number of carbonyl (C=O) groups excluding carboxylic acids is 1. The summed E-state index contributed by atoms with van der Waals surface area (Å²) < 4.78 is 10.8. The molecule has 0 saturated carbocycles. The third kappa shape index (κ3) is 5.01. The summed E-state index contributed by atoms with van der Waals surface area (Å²) in [5, 5.41) is 62.5. The summed E-state index contributed by atoms with van der Waals surface area (Å²) in [6.45, 7) is 0.207. The normalized spacial score (nSPS) is 28.2. The van der Waals surface area contributed by atoms with Gasteiger partial charge < -0.3 is 40.3 Å². The third-order valence-electron chi connectivity index (χ3n) is 4.52. The van der Waals surface area contributed by atoms with Crippen LogP contribution in [0.15, 0.2) is 24.3 Å². The summed E-state index contributed by atoms with van der Waals surface area (Å²) in [6, 6.07) is 3.03. The summed E-state index contributed by atoms with van der Waals surface area (Å²) in [7, 11) is 0. The lowest BCUT2D eigenvalue weighted by Crippen LogP contribution is -2.68. The first kappa shape index (κ1) is 23.4. The molecule has 0 bridgehead atoms. The van der Waals surface area contributed by atoms with Crippen LogP contribution in [0.1, 0.15) is 13.3 Å². The van der Waals surface area contributed by atoms with Gasteiger partial charge in [-0.15, -0.1) is 0 Å². The number of non-ortho nitro benzene ring substituents is 1. The van der Waals surface area contributed by atoms with E-state index in [0.717, 1.165) is 31.2 Å². The number of aliphatic hydroxyl groups excluding tert-OH is 4. The van der Waals surface area contributed by atoms with E-state index in [2.05, 4.69) is 5.32 Å². The average Bonchev–Trinajstić information content (AvgIpc) is 2.68. The molecule has 2 rings (SSSR count). The molecule has 0 unspecified atom stereocenters. The van der Waals surface area contributed by atoms with E-state index < -0.39 is 66.1 Å². The van der Waals surface area contributed by atoms with E-state index >= 15 is 0 Å². The lowest BCUT2D eigenvalue weighted by Gasteiger charge is -2.46. The van der Waals surface area contributed by atoms with Crippen molar-refractivity contribution in [2.75, 3.05) is 6.61 Å². The van der Waals surface area contributed by atoms with Gasteiger partial charge in [-0.1, -0.05) is 0 Å². The molecule has 6 N–H and O–H groups in total. The average molecular weight is 430 g/mol. The smallest absolute Gasteiger partial charge is 0.377 e. The molecule has 13 heteroatoms. The molecule has 0 aromatic heterocycles. The number of nitrogens with one attached hydrogen (secondary N) is 1. The van der Waals surface area contributed by atoms with Crippen LogP contribution in [-0.2, 0) is 14.3 Å². The van der Waals surface area contributed by atoms with Crippen molar-refractivity contribution in [1.29, 1.82) is 0 Å². The van der Waals surface area contributed by atoms with E-state index in [0.29, 0.717) is 0 Å². The van der Waals surface area contributed by atoms with Gasteiger partial charge in [-0.05, 0) is 12.1 Å². The molecule has 1 aliphatic rings. The molecule has 0 spiro atoms. The summed E-state index contributed by atoms with van der Waals surface area (Å²) in [4.78, 5) is 33.5. The minimum absolute atomic E-state index is 0.149. The van der Waals surface area contributed by atoms with Crippen molar-refractivity contribution >= 4 is 17.6 Å². The Labute approximate surface area is 169 Å². The second kappa shape index (κ2) is 9.32. The zero-order valence-electron chi connectivity index (χ0n) is 15.7. The summed E-state index contributed by atoms with van der Waals surface area (Å²) in [5.74, 6) is -5.04. The Morgan fingerprint density at radius 2 is 1.97 bits per heavy atom. The monoisotopic (exact) mass is 430 g/mol. The predicted molar refractivity (Wildman–Crippen MR) is 96.3 cm³/mol. The SMILES string of the molecule is CC(=O)N[C@H]1[C@H]([C@@H](O)[C@H](O)CO)O[C@@](Oc2ccc([N+](=O)[O-])cc2)(C(=O)O)C[C@@H]1O. The number of amides is 1. The van der Waals surface area contributed by atoms with Gasteiger partial charge in [0.2, 0.25) is 5.91 Å². The first-order valence-electron chi connectivity index (χ1n) is 8.77. The summed E-state index contributed by atoms with van der Waals surface area (Å²) >= 11 is 0. The van der Waals surface area contributed by atoms with Crippen LogP contribution >= 0.6 is 0 Å². The maximum atomic E-state index is 12.0. The van der Waals surface area contributed by atoms with Gasteiger partial charge in [0, 0.05) is 19.1 Å². The molecule has 0 radical (unpaired) electrons. The number of nitro benzene ring substituents is 1. The Morgan fingerprint density at radius 3 is 2.43 bits per heavy atom. The number of rotatable bonds is 8. The molecule has 1 aromatic carbocycles.